The van der Waals surface area contributed by atoms with Gasteiger partial charge in [0.25, 0.3) is 0 Å². The molecule has 0 aliphatic heterocycles. The first-order chi connectivity index (χ1) is 14.0. The molecule has 0 saturated carbocycles. The van der Waals surface area contributed by atoms with Crippen LogP contribution in [0.3, 0.4) is 0 Å². The van der Waals surface area contributed by atoms with Gasteiger partial charge in [-0.05, 0) is 48.2 Å². The van der Waals surface area contributed by atoms with Crippen LogP contribution in [0.2, 0.25) is 0 Å². The highest BCUT2D eigenvalue weighted by Gasteiger charge is 2.15. The van der Waals surface area contributed by atoms with Gasteiger partial charge in [0.2, 0.25) is 0 Å². The standard InChI is InChI=1S/C23H33NO5/c1-2-3-4-5-6-21(29-20-13-11-19(25)12-14-20)17-7-9-18(10-8-17)23(28)24-16-15-22(26)27/h7-14,21-28H,2-6,15-16H2,1H3. The highest BCUT2D eigenvalue weighted by Crippen LogP contribution is 2.29. The molecule has 0 aromatic heterocycles. The average molecular weight is 404 g/mol. The molecule has 5 N–H and O–H groups in total. The van der Waals surface area contributed by atoms with Crippen LogP contribution in [-0.4, -0.2) is 33.3 Å². The third kappa shape index (κ3) is 8.41. The average Bonchev–Trinajstić information content (AvgIpc) is 2.71. The number of unbranched alkanes of at least 4 members (excludes halogenated alkanes) is 3. The maximum atomic E-state index is 10.2. The number of aliphatic hydroxyl groups excluding tert-OH is 2. The van der Waals surface area contributed by atoms with Gasteiger partial charge in [0.15, 0.2) is 6.29 Å². The molecule has 2 aromatic carbocycles. The highest BCUT2D eigenvalue weighted by molar-refractivity contribution is 5.32. The van der Waals surface area contributed by atoms with Gasteiger partial charge in [-0.1, -0.05) is 50.5 Å². The van der Waals surface area contributed by atoms with E-state index in [-0.39, 0.29) is 18.3 Å². The molecule has 2 rings (SSSR count). The Morgan fingerprint density at radius 2 is 1.48 bits per heavy atom. The third-order valence-corrected chi connectivity index (χ3v) is 4.80. The van der Waals surface area contributed by atoms with E-state index in [0.29, 0.717) is 17.9 Å². The molecule has 0 bridgehead atoms. The van der Waals surface area contributed by atoms with Crippen LogP contribution < -0.4 is 10.1 Å². The number of hydrogen-bond donors (Lipinski definition) is 5. The summed E-state index contributed by atoms with van der Waals surface area (Å²) in [5.74, 6) is 0.910. The predicted molar refractivity (Wildman–Crippen MR) is 112 cm³/mol. The van der Waals surface area contributed by atoms with Crippen molar-refractivity contribution in [3.8, 4) is 11.5 Å². The Bertz CT molecular complexity index is 687. The molecule has 0 amide bonds. The van der Waals surface area contributed by atoms with Crippen LogP contribution in [0.15, 0.2) is 48.5 Å². The Hall–Kier alpha value is -2.12. The summed E-state index contributed by atoms with van der Waals surface area (Å²) in [4.78, 5) is 0. The van der Waals surface area contributed by atoms with Crippen LogP contribution in [-0.2, 0) is 0 Å². The molecular weight excluding hydrogens is 370 g/mol. The Kier molecular flexibility index (Phi) is 9.94. The van der Waals surface area contributed by atoms with Gasteiger partial charge in [-0.3, -0.25) is 5.32 Å². The number of hydrogen-bond acceptors (Lipinski definition) is 6. The SMILES string of the molecule is CCCCCCC(Oc1ccc(O)cc1)c1ccc(C(O)NCCC(O)O)cc1. The molecule has 2 aromatic rings. The van der Waals surface area contributed by atoms with E-state index in [1.54, 1.807) is 24.3 Å². The van der Waals surface area contributed by atoms with Crippen LogP contribution in [0.1, 0.15) is 68.9 Å². The van der Waals surface area contributed by atoms with Gasteiger partial charge in [0.1, 0.15) is 23.8 Å². The first kappa shape index (κ1) is 23.2. The molecule has 0 radical (unpaired) electrons. The van der Waals surface area contributed by atoms with Gasteiger partial charge >= 0.3 is 0 Å². The van der Waals surface area contributed by atoms with Crippen molar-refractivity contribution in [1.29, 1.82) is 0 Å². The third-order valence-electron chi connectivity index (χ3n) is 4.80. The number of aliphatic hydroxyl groups is 3. The van der Waals surface area contributed by atoms with Gasteiger partial charge in [-0.15, -0.1) is 0 Å². The second kappa shape index (κ2) is 12.4. The van der Waals surface area contributed by atoms with Crippen molar-refractivity contribution in [3.63, 3.8) is 0 Å². The van der Waals surface area contributed by atoms with Crippen molar-refractivity contribution in [3.05, 3.63) is 59.7 Å². The maximum Gasteiger partial charge on any atom is 0.152 e. The minimum Gasteiger partial charge on any atom is -0.508 e. The lowest BCUT2D eigenvalue weighted by atomic mass is 10.0. The van der Waals surface area contributed by atoms with Crippen LogP contribution >= 0.6 is 0 Å². The summed E-state index contributed by atoms with van der Waals surface area (Å²) in [7, 11) is 0. The highest BCUT2D eigenvalue weighted by atomic mass is 16.5. The molecule has 0 spiro atoms. The largest absolute Gasteiger partial charge is 0.508 e. The van der Waals surface area contributed by atoms with Crippen LogP contribution in [0, 0.1) is 0 Å². The van der Waals surface area contributed by atoms with Crippen LogP contribution in [0.4, 0.5) is 0 Å². The normalized spacial score (nSPS) is 13.4. The Morgan fingerprint density at radius 1 is 0.828 bits per heavy atom. The zero-order chi connectivity index (χ0) is 21.1. The lowest BCUT2D eigenvalue weighted by molar-refractivity contribution is -0.0465. The van der Waals surface area contributed by atoms with Crippen molar-refractivity contribution < 1.29 is 25.2 Å². The van der Waals surface area contributed by atoms with Crippen molar-refractivity contribution in [2.24, 2.45) is 0 Å². The fourth-order valence-electron chi connectivity index (χ4n) is 3.10. The van der Waals surface area contributed by atoms with E-state index in [1.807, 2.05) is 24.3 Å². The molecular formula is C23H33NO5. The molecule has 2 atom stereocenters. The van der Waals surface area contributed by atoms with Gasteiger partial charge in [0.05, 0.1) is 0 Å². The molecule has 0 saturated heterocycles. The number of phenols is 1. The van der Waals surface area contributed by atoms with Gasteiger partial charge in [0, 0.05) is 13.0 Å². The van der Waals surface area contributed by atoms with Crippen LogP contribution in [0.25, 0.3) is 0 Å². The molecule has 6 heteroatoms. The van der Waals surface area contributed by atoms with E-state index in [4.69, 9.17) is 14.9 Å². The lowest BCUT2D eigenvalue weighted by Crippen LogP contribution is -2.25. The van der Waals surface area contributed by atoms with Crippen molar-refractivity contribution in [2.75, 3.05) is 6.54 Å². The van der Waals surface area contributed by atoms with E-state index in [1.165, 1.54) is 12.8 Å². The predicted octanol–water partition coefficient (Wildman–Crippen LogP) is 3.76. The Balaban J connectivity index is 2.03. The maximum absolute atomic E-state index is 10.2. The Morgan fingerprint density at radius 3 is 2.10 bits per heavy atom. The first-order valence-electron chi connectivity index (χ1n) is 10.3. The molecule has 29 heavy (non-hydrogen) atoms. The number of ether oxygens (including phenoxy) is 1. The fourth-order valence-corrected chi connectivity index (χ4v) is 3.10. The quantitative estimate of drug-likeness (QED) is 0.258. The molecule has 6 nitrogen and oxygen atoms in total. The summed E-state index contributed by atoms with van der Waals surface area (Å²) in [5, 5.41) is 40.3. The van der Waals surface area contributed by atoms with Crippen molar-refractivity contribution in [1.82, 2.24) is 5.32 Å². The summed E-state index contributed by atoms with van der Waals surface area (Å²) in [6.45, 7) is 2.48. The summed E-state index contributed by atoms with van der Waals surface area (Å²) in [6.07, 6.45) is 3.26. The second-order valence-electron chi connectivity index (χ2n) is 7.24. The number of rotatable bonds is 13. The zero-order valence-corrected chi connectivity index (χ0v) is 17.0. The number of aromatic hydroxyl groups is 1. The van der Waals surface area contributed by atoms with Gasteiger partial charge in [-0.2, -0.15) is 0 Å². The molecule has 0 fully saturated rings. The van der Waals surface area contributed by atoms with E-state index in [0.717, 1.165) is 24.8 Å². The topological polar surface area (TPSA) is 102 Å². The Labute approximate surface area is 172 Å². The zero-order valence-electron chi connectivity index (χ0n) is 17.0. The molecule has 0 aliphatic carbocycles. The fraction of sp³-hybridized carbons (Fsp3) is 0.478. The van der Waals surface area contributed by atoms with E-state index < -0.39 is 12.5 Å². The number of benzene rings is 2. The summed E-state index contributed by atoms with van der Waals surface area (Å²) >= 11 is 0. The molecule has 2 unspecified atom stereocenters. The van der Waals surface area contributed by atoms with Crippen LogP contribution in [0.5, 0.6) is 11.5 Å². The summed E-state index contributed by atoms with van der Waals surface area (Å²) in [5.41, 5.74) is 1.73. The van der Waals surface area contributed by atoms with Crippen molar-refractivity contribution in [2.45, 2.75) is 64.1 Å². The summed E-state index contributed by atoms with van der Waals surface area (Å²) in [6, 6.07) is 14.3. The summed E-state index contributed by atoms with van der Waals surface area (Å²) < 4.78 is 6.18. The second-order valence-corrected chi connectivity index (χ2v) is 7.24. The van der Waals surface area contributed by atoms with Gasteiger partial charge < -0.3 is 25.2 Å². The van der Waals surface area contributed by atoms with Crippen molar-refractivity contribution >= 4 is 0 Å². The monoisotopic (exact) mass is 403 g/mol. The van der Waals surface area contributed by atoms with E-state index in [9.17, 15) is 10.2 Å². The minimum absolute atomic E-state index is 0.111. The number of phenolic OH excluding ortho intramolecular Hbond substituents is 1. The smallest absolute Gasteiger partial charge is 0.152 e. The molecule has 0 heterocycles. The van der Waals surface area contributed by atoms with Gasteiger partial charge in [-0.25, -0.2) is 0 Å². The first-order valence-corrected chi connectivity index (χ1v) is 10.3. The molecule has 0 aliphatic rings. The lowest BCUT2D eigenvalue weighted by Gasteiger charge is -2.21. The minimum atomic E-state index is -1.39. The molecule has 160 valence electrons. The van der Waals surface area contributed by atoms with E-state index >= 15 is 0 Å². The van der Waals surface area contributed by atoms with E-state index in [2.05, 4.69) is 12.2 Å². The number of nitrogens with one attached hydrogen (secondary N) is 1.